The maximum atomic E-state index is 12.9. The smallest absolute Gasteiger partial charge is 0.352 e. The normalized spacial score (nSPS) is 20.7. The molecule has 0 aliphatic carbocycles. The minimum Gasteiger partial charge on any atom is -0.477 e. The molecule has 14 heteroatoms. The van der Waals surface area contributed by atoms with Gasteiger partial charge in [-0.15, -0.1) is 22.0 Å². The molecule has 0 radical (unpaired) electrons. The van der Waals surface area contributed by atoms with Crippen molar-refractivity contribution in [3.05, 3.63) is 32.7 Å². The number of β-lactam (4-membered cyclic amide) rings is 1. The number of carboxylic acids is 1. The van der Waals surface area contributed by atoms with Crippen LogP contribution in [0.2, 0.25) is 5.02 Å². The molecule has 0 saturated carbocycles. The van der Waals surface area contributed by atoms with Gasteiger partial charge in [0, 0.05) is 11.5 Å². The Bertz CT molecular complexity index is 1200. The number of thioether (sulfide) groups is 2. The van der Waals surface area contributed by atoms with Gasteiger partial charge < -0.3 is 10.4 Å². The Hall–Kier alpha value is -2.09. The van der Waals surface area contributed by atoms with E-state index in [1.165, 1.54) is 39.8 Å². The summed E-state index contributed by atoms with van der Waals surface area (Å²) in [5.74, 6) is -1.47. The average molecular weight is 543 g/mol. The van der Waals surface area contributed by atoms with Crippen molar-refractivity contribution in [2.24, 2.45) is 5.92 Å². The number of nitrogens with zero attached hydrogens (tertiary/aromatic N) is 5. The zero-order valence-electron chi connectivity index (χ0n) is 18.9. The third-order valence-electron chi connectivity index (χ3n) is 5.61. The van der Waals surface area contributed by atoms with E-state index in [4.69, 9.17) is 11.6 Å². The molecule has 0 aromatic carbocycles. The summed E-state index contributed by atoms with van der Waals surface area (Å²) < 4.78 is 2.43. The summed E-state index contributed by atoms with van der Waals surface area (Å²) in [5.41, 5.74) is 2.12. The minimum absolute atomic E-state index is 0.00156. The van der Waals surface area contributed by atoms with E-state index in [1.54, 1.807) is 18.5 Å². The number of hydrogen-bond acceptors (Lipinski definition) is 9. The molecular weight excluding hydrogens is 520 g/mol. The van der Waals surface area contributed by atoms with E-state index < -0.39 is 29.2 Å². The fraction of sp³-hybridized carbons (Fsp3) is 0.500. The highest BCUT2D eigenvalue weighted by Crippen LogP contribution is 2.41. The molecular formula is C20H23ClN6O4S3. The summed E-state index contributed by atoms with van der Waals surface area (Å²) in [6.07, 6.45) is 0. The van der Waals surface area contributed by atoms with E-state index in [0.29, 0.717) is 34.3 Å². The Balaban J connectivity index is 1.41. The third kappa shape index (κ3) is 4.70. The number of carbonyl (C=O) groups is 3. The van der Waals surface area contributed by atoms with Crippen molar-refractivity contribution < 1.29 is 19.5 Å². The van der Waals surface area contributed by atoms with Gasteiger partial charge in [-0.2, -0.15) is 5.10 Å². The van der Waals surface area contributed by atoms with Crippen LogP contribution < -0.4 is 5.32 Å². The maximum Gasteiger partial charge on any atom is 0.352 e. The van der Waals surface area contributed by atoms with Gasteiger partial charge >= 0.3 is 5.97 Å². The average Bonchev–Trinajstić information content (AvgIpc) is 3.32. The summed E-state index contributed by atoms with van der Waals surface area (Å²) in [6.45, 7) is 7.56. The maximum absolute atomic E-state index is 12.9. The Labute approximate surface area is 213 Å². The number of rotatable bonds is 8. The van der Waals surface area contributed by atoms with Crippen LogP contribution in [0, 0.1) is 26.7 Å². The van der Waals surface area contributed by atoms with Gasteiger partial charge in [0.15, 0.2) is 4.34 Å². The van der Waals surface area contributed by atoms with E-state index in [2.05, 4.69) is 20.6 Å². The number of aromatic nitrogens is 4. The van der Waals surface area contributed by atoms with Gasteiger partial charge in [-0.05, 0) is 26.3 Å². The number of fused-ring (bicyclic) bond motifs is 1. The molecule has 4 rings (SSSR count). The molecule has 2 N–H and O–H groups in total. The fourth-order valence-electron chi connectivity index (χ4n) is 3.77. The number of hydrogen-bond donors (Lipinski definition) is 2. The van der Waals surface area contributed by atoms with E-state index in [-0.39, 0.29) is 11.6 Å². The molecule has 0 unspecified atom stereocenters. The SMILES string of the molecule is Cc1nnc(SCC2=C(C(=O)O)N3C(=O)[C@H](NC(=O)[C@H](C)Cn4nc(C)c(Cl)c4C)[C@H]3SC2)s1. The summed E-state index contributed by atoms with van der Waals surface area (Å²) in [5, 5.41) is 25.9. The van der Waals surface area contributed by atoms with Gasteiger partial charge in [-0.1, -0.05) is 41.6 Å². The number of aliphatic carboxylic acids is 1. The number of carboxylic acid groups (broad SMARTS) is 1. The Kier molecular flexibility index (Phi) is 7.27. The van der Waals surface area contributed by atoms with Crippen molar-refractivity contribution in [3.8, 4) is 0 Å². The van der Waals surface area contributed by atoms with Crippen LogP contribution in [-0.2, 0) is 20.9 Å². The van der Waals surface area contributed by atoms with Gasteiger partial charge in [0.25, 0.3) is 5.91 Å². The summed E-state index contributed by atoms with van der Waals surface area (Å²) in [7, 11) is 0. The number of aryl methyl sites for hydroxylation is 2. The fourth-order valence-corrected chi connectivity index (χ4v) is 7.21. The molecule has 2 aliphatic rings. The number of nitrogens with one attached hydrogen (secondary N) is 1. The predicted octanol–water partition coefficient (Wildman–Crippen LogP) is 2.48. The largest absolute Gasteiger partial charge is 0.477 e. The second kappa shape index (κ2) is 9.88. The molecule has 2 aliphatic heterocycles. The molecule has 0 spiro atoms. The van der Waals surface area contributed by atoms with Gasteiger partial charge in [0.2, 0.25) is 5.91 Å². The quantitative estimate of drug-likeness (QED) is 0.381. The zero-order valence-corrected chi connectivity index (χ0v) is 22.1. The first kappa shape index (κ1) is 25.0. The number of carbonyl (C=O) groups excluding carboxylic acids is 2. The molecule has 1 fully saturated rings. The van der Waals surface area contributed by atoms with Crippen molar-refractivity contribution in [2.45, 2.75) is 50.0 Å². The lowest BCUT2D eigenvalue weighted by Crippen LogP contribution is -2.71. The van der Waals surface area contributed by atoms with Crippen molar-refractivity contribution in [2.75, 3.05) is 11.5 Å². The standard InChI is InChI=1S/C20H23ClN6O4S3/c1-8(5-26-10(3)13(21)9(2)25-26)16(28)22-14-17(29)27-15(19(30)31)12(6-32-18(14)27)7-33-20-24-23-11(4)34-20/h8,14,18H,5-7H2,1-4H3,(H,22,28)(H,30,31)/t8-,14+,18-/m1/s1. The van der Waals surface area contributed by atoms with E-state index in [1.807, 2.05) is 13.8 Å². The first-order valence-electron chi connectivity index (χ1n) is 10.4. The summed E-state index contributed by atoms with van der Waals surface area (Å²) in [6, 6.07) is -0.765. The van der Waals surface area contributed by atoms with Crippen molar-refractivity contribution in [1.82, 2.24) is 30.2 Å². The lowest BCUT2D eigenvalue weighted by molar-refractivity contribution is -0.151. The molecule has 4 heterocycles. The molecule has 0 bridgehead atoms. The minimum atomic E-state index is -1.15. The number of halogens is 1. The molecule has 2 aromatic rings. The van der Waals surface area contributed by atoms with E-state index in [0.717, 1.165) is 15.0 Å². The van der Waals surface area contributed by atoms with Crippen LogP contribution in [-0.4, -0.2) is 70.7 Å². The predicted molar refractivity (Wildman–Crippen MR) is 131 cm³/mol. The summed E-state index contributed by atoms with van der Waals surface area (Å²) in [4.78, 5) is 39.0. The van der Waals surface area contributed by atoms with Crippen molar-refractivity contribution in [1.29, 1.82) is 0 Å². The van der Waals surface area contributed by atoms with Gasteiger partial charge in [0.05, 0.1) is 28.9 Å². The van der Waals surface area contributed by atoms with Crippen LogP contribution in [0.5, 0.6) is 0 Å². The van der Waals surface area contributed by atoms with Gasteiger partial charge in [-0.25, -0.2) is 4.79 Å². The van der Waals surface area contributed by atoms with Crippen molar-refractivity contribution >= 4 is 64.2 Å². The molecule has 10 nitrogen and oxygen atoms in total. The lowest BCUT2D eigenvalue weighted by atomic mass is 10.0. The molecule has 3 atom stereocenters. The first-order chi connectivity index (χ1) is 16.1. The second-order valence-electron chi connectivity index (χ2n) is 8.10. The molecule has 1 saturated heterocycles. The highest BCUT2D eigenvalue weighted by atomic mass is 35.5. The molecule has 34 heavy (non-hydrogen) atoms. The Morgan fingerprint density at radius 3 is 2.65 bits per heavy atom. The van der Waals surface area contributed by atoms with Crippen LogP contribution in [0.25, 0.3) is 0 Å². The van der Waals surface area contributed by atoms with Crippen LogP contribution in [0.1, 0.15) is 23.3 Å². The van der Waals surface area contributed by atoms with Crippen LogP contribution in [0.3, 0.4) is 0 Å². The van der Waals surface area contributed by atoms with E-state index in [9.17, 15) is 19.5 Å². The summed E-state index contributed by atoms with van der Waals surface area (Å²) >= 11 is 10.5. The molecule has 2 aromatic heterocycles. The number of amides is 2. The van der Waals surface area contributed by atoms with Gasteiger partial charge in [0.1, 0.15) is 22.1 Å². The Morgan fingerprint density at radius 1 is 1.32 bits per heavy atom. The van der Waals surface area contributed by atoms with Crippen LogP contribution in [0.15, 0.2) is 15.6 Å². The van der Waals surface area contributed by atoms with E-state index >= 15 is 0 Å². The van der Waals surface area contributed by atoms with Crippen LogP contribution >= 0.6 is 46.5 Å². The molecule has 2 amide bonds. The second-order valence-corrected chi connectivity index (χ2v) is 12.0. The Morgan fingerprint density at radius 2 is 2.06 bits per heavy atom. The zero-order chi connectivity index (χ0) is 24.7. The third-order valence-corrected chi connectivity index (χ3v) is 9.56. The van der Waals surface area contributed by atoms with Crippen LogP contribution in [0.4, 0.5) is 0 Å². The monoisotopic (exact) mass is 542 g/mol. The molecule has 182 valence electrons. The highest BCUT2D eigenvalue weighted by molar-refractivity contribution is 8.01. The topological polar surface area (TPSA) is 130 Å². The highest BCUT2D eigenvalue weighted by Gasteiger charge is 2.54. The van der Waals surface area contributed by atoms with Gasteiger partial charge in [-0.3, -0.25) is 19.2 Å². The van der Waals surface area contributed by atoms with Crippen molar-refractivity contribution in [3.63, 3.8) is 0 Å². The first-order valence-corrected chi connectivity index (χ1v) is 13.6. The lowest BCUT2D eigenvalue weighted by Gasteiger charge is -2.49.